The maximum atomic E-state index is 10.5. The average molecular weight is 229 g/mol. The minimum absolute atomic E-state index is 0.705. The fraction of sp³-hybridized carbons (Fsp3) is 0.231. The van der Waals surface area contributed by atoms with E-state index in [2.05, 4.69) is 9.88 Å². The second kappa shape index (κ2) is 5.30. The van der Waals surface area contributed by atoms with Crippen LogP contribution in [0.1, 0.15) is 10.4 Å². The zero-order chi connectivity index (χ0) is 12.1. The van der Waals surface area contributed by atoms with Gasteiger partial charge in [0.25, 0.3) is 0 Å². The zero-order valence-electron chi connectivity index (χ0n) is 9.78. The molecule has 1 heterocycles. The van der Waals surface area contributed by atoms with Crippen LogP contribution in [0.4, 0.5) is 5.69 Å². The highest BCUT2D eigenvalue weighted by molar-refractivity contribution is 5.75. The molecule has 0 aliphatic heterocycles. The van der Waals surface area contributed by atoms with Gasteiger partial charge in [-0.3, -0.25) is 4.79 Å². The van der Waals surface area contributed by atoms with Crippen molar-refractivity contribution in [1.29, 1.82) is 0 Å². The van der Waals surface area contributed by atoms with Gasteiger partial charge in [-0.25, -0.2) is 4.98 Å². The number of rotatable bonds is 5. The molecule has 4 nitrogen and oxygen atoms in total. The molecule has 0 aliphatic carbocycles. The Hall–Kier alpha value is -2.10. The van der Waals surface area contributed by atoms with Crippen LogP contribution in [0.15, 0.2) is 43.0 Å². The van der Waals surface area contributed by atoms with Crippen molar-refractivity contribution in [1.82, 2.24) is 9.55 Å². The summed E-state index contributed by atoms with van der Waals surface area (Å²) >= 11 is 0. The summed E-state index contributed by atoms with van der Waals surface area (Å²) in [5, 5.41) is 0. The highest BCUT2D eigenvalue weighted by Crippen LogP contribution is 2.12. The van der Waals surface area contributed by atoms with Gasteiger partial charge in [0.05, 0.1) is 6.33 Å². The number of aldehydes is 1. The molecule has 0 amide bonds. The molecule has 0 fully saturated rings. The van der Waals surface area contributed by atoms with Crippen LogP contribution in [-0.4, -0.2) is 29.4 Å². The number of carbonyl (C=O) groups is 1. The van der Waals surface area contributed by atoms with Gasteiger partial charge in [0.15, 0.2) is 0 Å². The van der Waals surface area contributed by atoms with Gasteiger partial charge in [-0.05, 0) is 24.3 Å². The fourth-order valence-electron chi connectivity index (χ4n) is 1.62. The molecule has 0 saturated carbocycles. The van der Waals surface area contributed by atoms with Crippen LogP contribution < -0.4 is 4.90 Å². The Morgan fingerprint density at radius 2 is 2.12 bits per heavy atom. The normalized spacial score (nSPS) is 10.2. The third-order valence-corrected chi connectivity index (χ3v) is 2.72. The van der Waals surface area contributed by atoms with E-state index >= 15 is 0 Å². The van der Waals surface area contributed by atoms with Crippen molar-refractivity contribution in [2.45, 2.75) is 6.54 Å². The third kappa shape index (κ3) is 2.93. The molecule has 0 N–H and O–H groups in total. The summed E-state index contributed by atoms with van der Waals surface area (Å²) in [5.41, 5.74) is 1.81. The van der Waals surface area contributed by atoms with E-state index in [0.717, 1.165) is 25.1 Å². The van der Waals surface area contributed by atoms with Gasteiger partial charge in [0, 0.05) is 43.8 Å². The van der Waals surface area contributed by atoms with E-state index in [0.29, 0.717) is 5.56 Å². The molecule has 0 atom stereocenters. The van der Waals surface area contributed by atoms with E-state index in [1.165, 1.54) is 0 Å². The van der Waals surface area contributed by atoms with Gasteiger partial charge < -0.3 is 9.47 Å². The first-order chi connectivity index (χ1) is 8.29. The number of likely N-dealkylation sites (N-methyl/N-ethyl adjacent to an activating group) is 1. The lowest BCUT2D eigenvalue weighted by molar-refractivity contribution is 0.112. The summed E-state index contributed by atoms with van der Waals surface area (Å²) in [6.45, 7) is 1.79. The summed E-state index contributed by atoms with van der Waals surface area (Å²) in [6.07, 6.45) is 6.39. The molecular formula is C13H15N3O. The predicted molar refractivity (Wildman–Crippen MR) is 67.3 cm³/mol. The minimum Gasteiger partial charge on any atom is -0.373 e. The number of carbonyl (C=O) groups excluding carboxylic acids is 1. The van der Waals surface area contributed by atoms with Crippen molar-refractivity contribution in [3.8, 4) is 0 Å². The highest BCUT2D eigenvalue weighted by Gasteiger charge is 2.00. The molecule has 88 valence electrons. The third-order valence-electron chi connectivity index (χ3n) is 2.72. The molecule has 1 aromatic carbocycles. The van der Waals surface area contributed by atoms with Crippen LogP contribution in [0.3, 0.4) is 0 Å². The van der Waals surface area contributed by atoms with E-state index < -0.39 is 0 Å². The summed E-state index contributed by atoms with van der Waals surface area (Å²) in [5.74, 6) is 0. The van der Waals surface area contributed by atoms with E-state index in [-0.39, 0.29) is 0 Å². The molecule has 17 heavy (non-hydrogen) atoms. The van der Waals surface area contributed by atoms with Crippen molar-refractivity contribution in [3.63, 3.8) is 0 Å². The van der Waals surface area contributed by atoms with Crippen molar-refractivity contribution in [2.75, 3.05) is 18.5 Å². The largest absolute Gasteiger partial charge is 0.373 e. The van der Waals surface area contributed by atoms with Gasteiger partial charge >= 0.3 is 0 Å². The Kier molecular flexibility index (Phi) is 3.55. The molecule has 0 spiro atoms. The smallest absolute Gasteiger partial charge is 0.150 e. The van der Waals surface area contributed by atoms with Crippen LogP contribution in [0, 0.1) is 0 Å². The van der Waals surface area contributed by atoms with E-state index in [1.54, 1.807) is 6.20 Å². The number of hydrogen-bond donors (Lipinski definition) is 0. The lowest BCUT2D eigenvalue weighted by Gasteiger charge is -2.19. The number of imidazole rings is 1. The fourth-order valence-corrected chi connectivity index (χ4v) is 1.62. The van der Waals surface area contributed by atoms with E-state index in [9.17, 15) is 4.79 Å². The Balaban J connectivity index is 1.94. The molecule has 0 saturated heterocycles. The molecular weight excluding hydrogens is 214 g/mol. The van der Waals surface area contributed by atoms with Gasteiger partial charge in [0.2, 0.25) is 0 Å². The lowest BCUT2D eigenvalue weighted by atomic mass is 10.2. The molecule has 0 radical (unpaired) electrons. The summed E-state index contributed by atoms with van der Waals surface area (Å²) < 4.78 is 2.04. The summed E-state index contributed by atoms with van der Waals surface area (Å²) in [4.78, 5) is 16.7. The predicted octanol–water partition coefficient (Wildman–Crippen LogP) is 1.83. The minimum atomic E-state index is 0.705. The van der Waals surface area contributed by atoms with Crippen molar-refractivity contribution >= 4 is 12.0 Å². The van der Waals surface area contributed by atoms with Crippen LogP contribution in [0.2, 0.25) is 0 Å². The summed E-state index contributed by atoms with van der Waals surface area (Å²) in [6, 6.07) is 7.57. The number of nitrogens with zero attached hydrogens (tertiary/aromatic N) is 3. The molecule has 0 aliphatic rings. The second-order valence-corrected chi connectivity index (χ2v) is 3.93. The van der Waals surface area contributed by atoms with Crippen molar-refractivity contribution in [2.24, 2.45) is 0 Å². The van der Waals surface area contributed by atoms with Gasteiger partial charge in [-0.2, -0.15) is 0 Å². The Morgan fingerprint density at radius 1 is 1.35 bits per heavy atom. The van der Waals surface area contributed by atoms with E-state index in [1.807, 2.05) is 48.4 Å². The van der Waals surface area contributed by atoms with Gasteiger partial charge in [-0.1, -0.05) is 0 Å². The number of aromatic nitrogens is 2. The van der Waals surface area contributed by atoms with Crippen LogP contribution in [0.5, 0.6) is 0 Å². The van der Waals surface area contributed by atoms with Crippen molar-refractivity contribution in [3.05, 3.63) is 48.5 Å². The van der Waals surface area contributed by atoms with E-state index in [4.69, 9.17) is 0 Å². The Morgan fingerprint density at radius 3 is 2.71 bits per heavy atom. The Bertz CT molecular complexity index is 462. The Labute approximate surface area is 101 Å². The number of benzene rings is 1. The maximum absolute atomic E-state index is 10.5. The SMILES string of the molecule is CN(CCn1ccnc1)c1ccc(C=O)cc1. The number of anilines is 1. The van der Waals surface area contributed by atoms with Crippen molar-refractivity contribution < 1.29 is 4.79 Å². The molecule has 1 aromatic heterocycles. The maximum Gasteiger partial charge on any atom is 0.150 e. The molecule has 0 bridgehead atoms. The van der Waals surface area contributed by atoms with Crippen LogP contribution in [-0.2, 0) is 6.54 Å². The first-order valence-electron chi connectivity index (χ1n) is 5.52. The average Bonchev–Trinajstić information content (AvgIpc) is 2.89. The van der Waals surface area contributed by atoms with Crippen LogP contribution >= 0.6 is 0 Å². The molecule has 0 unspecified atom stereocenters. The number of hydrogen-bond acceptors (Lipinski definition) is 3. The zero-order valence-corrected chi connectivity index (χ0v) is 9.78. The first kappa shape index (κ1) is 11.4. The highest BCUT2D eigenvalue weighted by atomic mass is 16.1. The van der Waals surface area contributed by atoms with Gasteiger partial charge in [-0.15, -0.1) is 0 Å². The lowest BCUT2D eigenvalue weighted by Crippen LogP contribution is -2.22. The molecule has 2 rings (SSSR count). The topological polar surface area (TPSA) is 38.1 Å². The monoisotopic (exact) mass is 229 g/mol. The first-order valence-corrected chi connectivity index (χ1v) is 5.52. The summed E-state index contributed by atoms with van der Waals surface area (Å²) in [7, 11) is 2.03. The standard InChI is InChI=1S/C13H15N3O/c1-15(8-9-16-7-6-14-11-16)13-4-2-12(10-17)3-5-13/h2-7,10-11H,8-9H2,1H3. The second-order valence-electron chi connectivity index (χ2n) is 3.93. The van der Waals surface area contributed by atoms with Gasteiger partial charge in [0.1, 0.15) is 6.29 Å². The van der Waals surface area contributed by atoms with Crippen LogP contribution in [0.25, 0.3) is 0 Å². The quantitative estimate of drug-likeness (QED) is 0.734. The molecule has 4 heteroatoms. The molecule has 2 aromatic rings.